The summed E-state index contributed by atoms with van der Waals surface area (Å²) < 4.78 is 193. The molecule has 6 aromatic rings. The van der Waals surface area contributed by atoms with Gasteiger partial charge in [-0.15, -0.1) is 26.3 Å². The van der Waals surface area contributed by atoms with Crippen molar-refractivity contribution in [3.63, 3.8) is 0 Å². The van der Waals surface area contributed by atoms with Gasteiger partial charge in [0.2, 0.25) is 11.5 Å². The Morgan fingerprint density at radius 2 is 1.02 bits per heavy atom. The first kappa shape index (κ1) is 45.5. The SMILES string of the molecule is N#Cc1cc2cc(F)c(CBr)cc2o1.N#Cc1cc2cc(F)c(CCc3ccc(OC(F)(F)F)c(C(F)(F)F)c3)cc2o1.Nc1ccc(OC(F)(F)F)c(C(F)(F)F)c1. The third-order valence-corrected chi connectivity index (χ3v) is 8.13. The standard InChI is InChI=1S/C19H10F7NO2.C10H5BrFNO.C8H5F6NO/c20-15-7-12-6-13(9-27)28-17(12)8-11(15)3-1-10-2-4-16(29-19(24,25)26)14(5-10)18(21,22)23;11-4-7-3-10-6(2-9(7)12)1-8(5-13)14-10;9-7(10,11)5-3-4(15)1-2-6(5)16-8(12,13)14/h2,4-8H,1,3H2;1-3H,4H2;1-3H,15H2. The Balaban J connectivity index is 0.000000216. The number of nitriles is 2. The topological polar surface area (TPSA) is 118 Å². The summed E-state index contributed by atoms with van der Waals surface area (Å²) in [6, 6.07) is 15.9. The van der Waals surface area contributed by atoms with Gasteiger partial charge in [-0.1, -0.05) is 22.0 Å². The number of anilines is 1. The lowest BCUT2D eigenvalue weighted by atomic mass is 10.0. The highest BCUT2D eigenvalue weighted by atomic mass is 79.9. The third kappa shape index (κ3) is 12.7. The zero-order chi connectivity index (χ0) is 44.1. The summed E-state index contributed by atoms with van der Waals surface area (Å²) in [7, 11) is 0. The van der Waals surface area contributed by atoms with E-state index in [1.54, 1.807) is 12.1 Å². The molecular weight excluding hydrogens is 896 g/mol. The number of alkyl halides is 13. The summed E-state index contributed by atoms with van der Waals surface area (Å²) in [5.74, 6) is -3.44. The number of furan rings is 2. The van der Waals surface area contributed by atoms with Crippen molar-refractivity contribution in [3.8, 4) is 23.6 Å². The molecule has 0 fully saturated rings. The van der Waals surface area contributed by atoms with E-state index in [2.05, 4.69) is 25.4 Å². The number of halogens is 15. The van der Waals surface area contributed by atoms with E-state index in [4.69, 9.17) is 25.1 Å². The van der Waals surface area contributed by atoms with E-state index in [9.17, 15) is 61.5 Å². The molecule has 0 radical (unpaired) electrons. The zero-order valence-corrected chi connectivity index (χ0v) is 30.4. The Morgan fingerprint density at radius 3 is 1.46 bits per heavy atom. The van der Waals surface area contributed by atoms with Crippen molar-refractivity contribution in [1.29, 1.82) is 10.5 Å². The van der Waals surface area contributed by atoms with Gasteiger partial charge in [0.15, 0.2) is 0 Å². The molecule has 4 aromatic carbocycles. The molecule has 0 aliphatic rings. The average Bonchev–Trinajstić information content (AvgIpc) is 3.72. The van der Waals surface area contributed by atoms with Crippen molar-refractivity contribution in [2.24, 2.45) is 0 Å². The Morgan fingerprint density at radius 1 is 0.576 bits per heavy atom. The molecule has 0 spiro atoms. The largest absolute Gasteiger partial charge is 0.573 e. The van der Waals surface area contributed by atoms with E-state index < -0.39 is 53.5 Å². The van der Waals surface area contributed by atoms with Crippen LogP contribution >= 0.6 is 15.9 Å². The number of nitrogen functional groups attached to an aromatic ring is 1. The van der Waals surface area contributed by atoms with Crippen LogP contribution < -0.4 is 15.2 Å². The zero-order valence-electron chi connectivity index (χ0n) is 28.8. The normalized spacial score (nSPS) is 11.9. The summed E-state index contributed by atoms with van der Waals surface area (Å²) in [6.07, 6.45) is -20.6. The van der Waals surface area contributed by atoms with Crippen molar-refractivity contribution >= 4 is 43.6 Å². The van der Waals surface area contributed by atoms with Gasteiger partial charge >= 0.3 is 25.1 Å². The van der Waals surface area contributed by atoms with Gasteiger partial charge in [-0.05, 0) is 78.6 Å². The molecule has 312 valence electrons. The summed E-state index contributed by atoms with van der Waals surface area (Å²) in [6.45, 7) is 0. The van der Waals surface area contributed by atoms with Crippen LogP contribution in [0.25, 0.3) is 21.9 Å². The van der Waals surface area contributed by atoms with Crippen molar-refractivity contribution in [2.75, 3.05) is 5.73 Å². The van der Waals surface area contributed by atoms with Gasteiger partial charge in [-0.25, -0.2) is 8.78 Å². The molecule has 0 saturated heterocycles. The number of nitrogens with zero attached hydrogens (tertiary/aromatic N) is 2. The lowest BCUT2D eigenvalue weighted by Crippen LogP contribution is -2.20. The number of ether oxygens (including phenoxy) is 2. The maximum absolute atomic E-state index is 14.2. The Bertz CT molecular complexity index is 2530. The fourth-order valence-electron chi connectivity index (χ4n) is 5.04. The number of benzene rings is 4. The molecular formula is C37H20BrF14N3O4. The number of hydrogen-bond donors (Lipinski definition) is 1. The number of rotatable bonds is 6. The number of nitrogens with two attached hydrogens (primary N) is 1. The first-order valence-corrected chi connectivity index (χ1v) is 16.9. The summed E-state index contributed by atoms with van der Waals surface area (Å²) in [5, 5.41) is 18.8. The Hall–Kier alpha value is -6.16. The predicted octanol–water partition coefficient (Wildman–Crippen LogP) is 12.7. The molecule has 7 nitrogen and oxygen atoms in total. The van der Waals surface area contributed by atoms with Gasteiger partial charge in [0.1, 0.15) is 46.4 Å². The van der Waals surface area contributed by atoms with E-state index in [0.29, 0.717) is 51.5 Å². The third-order valence-electron chi connectivity index (χ3n) is 7.53. The van der Waals surface area contributed by atoms with Gasteiger partial charge in [0.05, 0.1) is 11.1 Å². The predicted molar refractivity (Wildman–Crippen MR) is 182 cm³/mol. The minimum atomic E-state index is -5.27. The first-order valence-electron chi connectivity index (χ1n) is 15.8. The van der Waals surface area contributed by atoms with Crippen LogP contribution in [-0.2, 0) is 30.5 Å². The maximum atomic E-state index is 14.2. The summed E-state index contributed by atoms with van der Waals surface area (Å²) in [5.41, 5.74) is 3.08. The van der Waals surface area contributed by atoms with Crippen molar-refractivity contribution in [2.45, 2.75) is 43.2 Å². The maximum Gasteiger partial charge on any atom is 0.573 e. The summed E-state index contributed by atoms with van der Waals surface area (Å²) in [4.78, 5) is 0. The molecule has 22 heteroatoms. The van der Waals surface area contributed by atoms with Crippen LogP contribution in [0.5, 0.6) is 11.5 Å². The van der Waals surface area contributed by atoms with Gasteiger partial charge in [-0.2, -0.15) is 36.9 Å². The molecule has 2 N–H and O–H groups in total. The minimum Gasteiger partial charge on any atom is -0.446 e. The van der Waals surface area contributed by atoms with Gasteiger partial charge in [0, 0.05) is 39.5 Å². The molecule has 0 unspecified atom stereocenters. The van der Waals surface area contributed by atoms with E-state index in [-0.39, 0.29) is 52.6 Å². The molecule has 0 saturated carbocycles. The average molecular weight is 916 g/mol. The molecule has 0 bridgehead atoms. The van der Waals surface area contributed by atoms with Gasteiger partial charge in [-0.3, -0.25) is 0 Å². The quantitative estimate of drug-likeness (QED) is 0.100. The van der Waals surface area contributed by atoms with E-state index >= 15 is 0 Å². The second-order valence-electron chi connectivity index (χ2n) is 11.7. The van der Waals surface area contributed by atoms with Crippen molar-refractivity contribution < 1.29 is 79.8 Å². The van der Waals surface area contributed by atoms with Crippen LogP contribution in [0.15, 0.2) is 81.6 Å². The van der Waals surface area contributed by atoms with Gasteiger partial charge in [0.25, 0.3) is 0 Å². The monoisotopic (exact) mass is 915 g/mol. The van der Waals surface area contributed by atoms with E-state index in [1.807, 2.05) is 6.07 Å². The van der Waals surface area contributed by atoms with Crippen LogP contribution in [0.3, 0.4) is 0 Å². The van der Waals surface area contributed by atoms with Gasteiger partial charge < -0.3 is 24.0 Å². The van der Waals surface area contributed by atoms with Crippen LogP contribution in [0.1, 0.15) is 39.3 Å². The van der Waals surface area contributed by atoms with Crippen LogP contribution in [0.2, 0.25) is 0 Å². The Labute approximate surface area is 329 Å². The van der Waals surface area contributed by atoms with Crippen LogP contribution in [0.4, 0.5) is 67.2 Å². The first-order chi connectivity index (χ1) is 27.3. The molecule has 0 aliphatic heterocycles. The molecule has 2 heterocycles. The minimum absolute atomic E-state index is 0.0216. The number of aryl methyl sites for hydroxylation is 2. The molecule has 59 heavy (non-hydrogen) atoms. The number of fused-ring (bicyclic) bond motifs is 2. The highest BCUT2D eigenvalue weighted by Gasteiger charge is 2.40. The van der Waals surface area contributed by atoms with Crippen LogP contribution in [0, 0.1) is 34.3 Å². The van der Waals surface area contributed by atoms with E-state index in [0.717, 1.165) is 18.2 Å². The van der Waals surface area contributed by atoms with Crippen molar-refractivity contribution in [1.82, 2.24) is 0 Å². The van der Waals surface area contributed by atoms with Crippen LogP contribution in [-0.4, -0.2) is 12.7 Å². The molecule has 0 amide bonds. The lowest BCUT2D eigenvalue weighted by Gasteiger charge is -2.16. The molecule has 0 aliphatic carbocycles. The fraction of sp³-hybridized carbons (Fsp3) is 0.189. The number of hydrogen-bond acceptors (Lipinski definition) is 7. The lowest BCUT2D eigenvalue weighted by molar-refractivity contribution is -0.277. The molecule has 0 atom stereocenters. The van der Waals surface area contributed by atoms with E-state index in [1.165, 1.54) is 24.3 Å². The summed E-state index contributed by atoms with van der Waals surface area (Å²) >= 11 is 3.17. The molecule has 2 aromatic heterocycles. The highest BCUT2D eigenvalue weighted by Crippen LogP contribution is 2.40. The van der Waals surface area contributed by atoms with Crippen molar-refractivity contribution in [3.05, 3.63) is 124 Å². The second-order valence-corrected chi connectivity index (χ2v) is 12.3. The molecule has 6 rings (SSSR count). The second kappa shape index (κ2) is 17.8. The smallest absolute Gasteiger partial charge is 0.446 e. The fourth-order valence-corrected chi connectivity index (χ4v) is 5.47. The highest BCUT2D eigenvalue weighted by molar-refractivity contribution is 9.08. The Kier molecular flexibility index (Phi) is 13.7.